The smallest absolute Gasteiger partial charge is 0.260 e. The number of anilines is 1. The Morgan fingerprint density at radius 1 is 0.844 bits per heavy atom. The zero-order valence-corrected chi connectivity index (χ0v) is 18.4. The van der Waals surface area contributed by atoms with Crippen molar-refractivity contribution in [2.75, 3.05) is 5.32 Å². The standard InChI is InChI=1S/C25H24N4O2S/c1-17(26-25-27-21-14-8-9-15-22(21)32-25)24(31)29-28-23(30)16-20(18-10-4-2-5-11-18)19-12-6-3-7-13-19/h2-15,17,20H,16H2,1H3,(H,26,27)(H,28,30)(H,29,31)/t17-/m0/s1. The van der Waals surface area contributed by atoms with E-state index >= 15 is 0 Å². The van der Waals surface area contributed by atoms with E-state index in [1.54, 1.807) is 6.92 Å². The van der Waals surface area contributed by atoms with Crippen molar-refractivity contribution in [3.05, 3.63) is 96.1 Å². The molecule has 32 heavy (non-hydrogen) atoms. The Labute approximate surface area is 190 Å². The highest BCUT2D eigenvalue weighted by Crippen LogP contribution is 2.28. The second-order valence-electron chi connectivity index (χ2n) is 7.47. The first-order valence-corrected chi connectivity index (χ1v) is 11.2. The van der Waals surface area contributed by atoms with Crippen molar-refractivity contribution in [1.82, 2.24) is 15.8 Å². The molecule has 0 radical (unpaired) electrons. The van der Waals surface area contributed by atoms with E-state index in [1.165, 1.54) is 11.3 Å². The topological polar surface area (TPSA) is 83.1 Å². The molecule has 1 heterocycles. The number of fused-ring (bicyclic) bond motifs is 1. The summed E-state index contributed by atoms with van der Waals surface area (Å²) in [4.78, 5) is 29.6. The molecule has 6 nitrogen and oxygen atoms in total. The number of nitrogens with one attached hydrogen (secondary N) is 3. The van der Waals surface area contributed by atoms with Crippen molar-refractivity contribution in [1.29, 1.82) is 0 Å². The normalized spacial score (nSPS) is 11.8. The van der Waals surface area contributed by atoms with Gasteiger partial charge in [0.1, 0.15) is 6.04 Å². The van der Waals surface area contributed by atoms with Gasteiger partial charge in [0.2, 0.25) is 5.91 Å². The van der Waals surface area contributed by atoms with Gasteiger partial charge in [-0.15, -0.1) is 0 Å². The van der Waals surface area contributed by atoms with Gasteiger partial charge in [-0.3, -0.25) is 20.4 Å². The lowest BCUT2D eigenvalue weighted by Gasteiger charge is -2.19. The van der Waals surface area contributed by atoms with Crippen LogP contribution in [0.2, 0.25) is 0 Å². The van der Waals surface area contributed by atoms with Gasteiger partial charge in [-0.2, -0.15) is 0 Å². The van der Waals surface area contributed by atoms with Gasteiger partial charge in [-0.1, -0.05) is 84.1 Å². The minimum atomic E-state index is -0.560. The lowest BCUT2D eigenvalue weighted by Crippen LogP contribution is -2.48. The fraction of sp³-hybridized carbons (Fsp3) is 0.160. The summed E-state index contributed by atoms with van der Waals surface area (Å²) in [7, 11) is 0. The predicted octanol–water partition coefficient (Wildman–Crippen LogP) is 4.47. The van der Waals surface area contributed by atoms with E-state index in [2.05, 4.69) is 21.2 Å². The van der Waals surface area contributed by atoms with E-state index in [0.29, 0.717) is 5.13 Å². The van der Waals surface area contributed by atoms with Crippen molar-refractivity contribution in [2.45, 2.75) is 25.3 Å². The molecule has 3 N–H and O–H groups in total. The number of hydrogen-bond donors (Lipinski definition) is 3. The third-order valence-electron chi connectivity index (χ3n) is 5.15. The van der Waals surface area contributed by atoms with Crippen LogP contribution >= 0.6 is 11.3 Å². The molecule has 2 amide bonds. The summed E-state index contributed by atoms with van der Waals surface area (Å²) in [5.41, 5.74) is 8.05. The average molecular weight is 445 g/mol. The molecule has 0 bridgehead atoms. The van der Waals surface area contributed by atoms with Crippen molar-refractivity contribution >= 4 is 38.5 Å². The first-order chi connectivity index (χ1) is 15.6. The van der Waals surface area contributed by atoms with Gasteiger partial charge in [0.15, 0.2) is 5.13 Å². The van der Waals surface area contributed by atoms with Crippen molar-refractivity contribution in [3.63, 3.8) is 0 Å². The molecule has 0 fully saturated rings. The van der Waals surface area contributed by atoms with Crippen LogP contribution in [-0.2, 0) is 9.59 Å². The van der Waals surface area contributed by atoms with Gasteiger partial charge in [0, 0.05) is 12.3 Å². The number of thiazole rings is 1. The second kappa shape index (κ2) is 10.1. The molecule has 7 heteroatoms. The Morgan fingerprint density at radius 2 is 1.44 bits per heavy atom. The van der Waals surface area contributed by atoms with Crippen LogP contribution in [0, 0.1) is 0 Å². The maximum Gasteiger partial charge on any atom is 0.260 e. The zero-order chi connectivity index (χ0) is 22.3. The summed E-state index contributed by atoms with van der Waals surface area (Å²) < 4.78 is 1.05. The van der Waals surface area contributed by atoms with Crippen LogP contribution in [-0.4, -0.2) is 22.8 Å². The number of rotatable bonds is 7. The molecular weight excluding hydrogens is 420 g/mol. The Bertz CT molecular complexity index is 1120. The van der Waals surface area contributed by atoms with Crippen LogP contribution in [0.15, 0.2) is 84.9 Å². The largest absolute Gasteiger partial charge is 0.350 e. The SMILES string of the molecule is C[C@H](Nc1nc2ccccc2s1)C(=O)NNC(=O)CC(c1ccccc1)c1ccccc1. The third-order valence-corrected chi connectivity index (χ3v) is 6.11. The number of carbonyl (C=O) groups excluding carboxylic acids is 2. The molecule has 0 aliphatic heterocycles. The quantitative estimate of drug-likeness (QED) is 0.367. The van der Waals surface area contributed by atoms with E-state index in [4.69, 9.17) is 0 Å². The zero-order valence-electron chi connectivity index (χ0n) is 17.6. The molecule has 1 aromatic heterocycles. The number of para-hydroxylation sites is 1. The van der Waals surface area contributed by atoms with Gasteiger partial charge in [0.25, 0.3) is 5.91 Å². The predicted molar refractivity (Wildman–Crippen MR) is 128 cm³/mol. The Morgan fingerprint density at radius 3 is 2.06 bits per heavy atom. The van der Waals surface area contributed by atoms with Crippen LogP contribution in [0.1, 0.15) is 30.4 Å². The fourth-order valence-corrected chi connectivity index (χ4v) is 4.41. The summed E-state index contributed by atoms with van der Waals surface area (Å²) in [6.07, 6.45) is 0.216. The summed E-state index contributed by atoms with van der Waals surface area (Å²) >= 11 is 1.48. The number of carbonyl (C=O) groups is 2. The molecule has 3 aromatic carbocycles. The van der Waals surface area contributed by atoms with Crippen LogP contribution in [0.3, 0.4) is 0 Å². The molecular formula is C25H24N4O2S. The summed E-state index contributed by atoms with van der Waals surface area (Å²) in [5, 5.41) is 3.75. The molecule has 0 spiro atoms. The first kappa shape index (κ1) is 21.5. The first-order valence-electron chi connectivity index (χ1n) is 10.4. The molecule has 0 aliphatic carbocycles. The lowest BCUT2D eigenvalue weighted by atomic mass is 9.88. The molecule has 4 aromatic rings. The van der Waals surface area contributed by atoms with Crippen LogP contribution in [0.4, 0.5) is 5.13 Å². The third kappa shape index (κ3) is 5.31. The lowest BCUT2D eigenvalue weighted by molar-refractivity contribution is -0.129. The van der Waals surface area contributed by atoms with Gasteiger partial charge < -0.3 is 5.32 Å². The van der Waals surface area contributed by atoms with Crippen molar-refractivity contribution < 1.29 is 9.59 Å². The summed E-state index contributed by atoms with van der Waals surface area (Å²) in [6, 6.07) is 27.0. The average Bonchev–Trinajstić information content (AvgIpc) is 3.24. The van der Waals surface area contributed by atoms with Crippen molar-refractivity contribution in [3.8, 4) is 0 Å². The van der Waals surface area contributed by atoms with Gasteiger partial charge in [0.05, 0.1) is 10.2 Å². The number of nitrogens with zero attached hydrogens (tertiary/aromatic N) is 1. The highest BCUT2D eigenvalue weighted by atomic mass is 32.1. The van der Waals surface area contributed by atoms with Gasteiger partial charge in [-0.05, 0) is 30.2 Å². The number of amides is 2. The monoisotopic (exact) mass is 444 g/mol. The fourth-order valence-electron chi connectivity index (χ4n) is 3.46. The molecule has 1 atom stereocenters. The molecule has 0 saturated carbocycles. The number of aromatic nitrogens is 1. The highest BCUT2D eigenvalue weighted by molar-refractivity contribution is 7.22. The number of hydrazine groups is 1. The summed E-state index contributed by atoms with van der Waals surface area (Å²) in [6.45, 7) is 1.73. The molecule has 0 saturated heterocycles. The molecule has 0 aliphatic rings. The van der Waals surface area contributed by atoms with E-state index in [0.717, 1.165) is 21.3 Å². The van der Waals surface area contributed by atoms with E-state index in [1.807, 2.05) is 84.9 Å². The van der Waals surface area contributed by atoms with Crippen LogP contribution in [0.5, 0.6) is 0 Å². The maximum absolute atomic E-state index is 12.6. The number of hydrogen-bond acceptors (Lipinski definition) is 5. The molecule has 4 rings (SSSR count). The van der Waals surface area contributed by atoms with Crippen molar-refractivity contribution in [2.24, 2.45) is 0 Å². The van der Waals surface area contributed by atoms with Gasteiger partial charge in [-0.25, -0.2) is 4.98 Å². The Kier molecular flexibility index (Phi) is 6.77. The van der Waals surface area contributed by atoms with Crippen LogP contribution in [0.25, 0.3) is 10.2 Å². The Balaban J connectivity index is 1.34. The number of benzene rings is 3. The minimum Gasteiger partial charge on any atom is -0.350 e. The maximum atomic E-state index is 12.6. The van der Waals surface area contributed by atoms with Crippen LogP contribution < -0.4 is 16.2 Å². The molecule has 162 valence electrons. The highest BCUT2D eigenvalue weighted by Gasteiger charge is 2.20. The second-order valence-corrected chi connectivity index (χ2v) is 8.50. The Hall–Kier alpha value is -3.71. The molecule has 0 unspecified atom stereocenters. The van der Waals surface area contributed by atoms with E-state index < -0.39 is 6.04 Å². The van der Waals surface area contributed by atoms with E-state index in [9.17, 15) is 9.59 Å². The summed E-state index contributed by atoms with van der Waals surface area (Å²) in [5.74, 6) is -0.704. The minimum absolute atomic E-state index is 0.104. The van der Waals surface area contributed by atoms with E-state index in [-0.39, 0.29) is 24.2 Å². The van der Waals surface area contributed by atoms with Gasteiger partial charge >= 0.3 is 0 Å².